The zero-order valence-corrected chi connectivity index (χ0v) is 13.6. The second kappa shape index (κ2) is 6.22. The standard InChI is InChI=1S/C15H20N4OS/c1-5-13-17-18-14(21)19(13)16-10-11-6-8-12(9-7-11)20-15(2,3)4/h6-10H,5H2,1-4H3,(H,18,21)/b16-10-. The van der Waals surface area contributed by atoms with E-state index in [0.29, 0.717) is 4.77 Å². The molecule has 0 aliphatic carbocycles. The zero-order chi connectivity index (χ0) is 15.5. The van der Waals surface area contributed by atoms with Crippen molar-refractivity contribution in [2.75, 3.05) is 0 Å². The Bertz CT molecular complexity index is 677. The highest BCUT2D eigenvalue weighted by molar-refractivity contribution is 7.71. The summed E-state index contributed by atoms with van der Waals surface area (Å²) in [5, 5.41) is 11.2. The van der Waals surface area contributed by atoms with Crippen molar-refractivity contribution in [3.63, 3.8) is 0 Å². The molecule has 0 radical (unpaired) electrons. The minimum absolute atomic E-state index is 0.199. The van der Waals surface area contributed by atoms with Crippen LogP contribution in [0.1, 0.15) is 39.1 Å². The Morgan fingerprint density at radius 1 is 1.33 bits per heavy atom. The van der Waals surface area contributed by atoms with E-state index in [2.05, 4.69) is 15.3 Å². The van der Waals surface area contributed by atoms with Gasteiger partial charge in [-0.25, -0.2) is 0 Å². The average Bonchev–Trinajstić information content (AvgIpc) is 2.77. The number of hydrogen-bond donors (Lipinski definition) is 1. The molecule has 0 saturated carbocycles. The minimum atomic E-state index is -0.199. The van der Waals surface area contributed by atoms with Gasteiger partial charge >= 0.3 is 0 Å². The molecular formula is C15H20N4OS. The van der Waals surface area contributed by atoms with Gasteiger partial charge in [-0.15, -0.1) is 0 Å². The molecule has 2 aromatic rings. The molecule has 0 atom stereocenters. The zero-order valence-electron chi connectivity index (χ0n) is 12.8. The predicted molar refractivity (Wildman–Crippen MR) is 86.6 cm³/mol. The summed E-state index contributed by atoms with van der Waals surface area (Å²) in [4.78, 5) is 0. The molecule has 6 heteroatoms. The van der Waals surface area contributed by atoms with Gasteiger partial charge in [0.2, 0.25) is 4.77 Å². The lowest BCUT2D eigenvalue weighted by atomic mass is 10.2. The van der Waals surface area contributed by atoms with Gasteiger partial charge in [0, 0.05) is 6.42 Å². The first kappa shape index (κ1) is 15.4. The van der Waals surface area contributed by atoms with Gasteiger partial charge in [-0.3, -0.25) is 5.10 Å². The normalized spacial score (nSPS) is 12.0. The molecule has 21 heavy (non-hydrogen) atoms. The molecule has 0 aliphatic rings. The quantitative estimate of drug-likeness (QED) is 0.694. The van der Waals surface area contributed by atoms with E-state index in [1.165, 1.54) is 0 Å². The fourth-order valence-electron chi connectivity index (χ4n) is 1.77. The van der Waals surface area contributed by atoms with Gasteiger partial charge in [0.15, 0.2) is 5.82 Å². The first-order valence-electron chi connectivity index (χ1n) is 6.89. The number of nitrogens with zero attached hydrogens (tertiary/aromatic N) is 3. The summed E-state index contributed by atoms with van der Waals surface area (Å²) >= 11 is 5.15. The van der Waals surface area contributed by atoms with Crippen molar-refractivity contribution in [1.29, 1.82) is 0 Å². The van der Waals surface area contributed by atoms with Crippen LogP contribution in [-0.2, 0) is 6.42 Å². The lowest BCUT2D eigenvalue weighted by Gasteiger charge is -2.21. The van der Waals surface area contributed by atoms with Crippen molar-refractivity contribution in [3.8, 4) is 5.75 Å². The van der Waals surface area contributed by atoms with Crippen LogP contribution in [0.4, 0.5) is 0 Å². The van der Waals surface area contributed by atoms with Gasteiger partial charge in [-0.1, -0.05) is 6.92 Å². The van der Waals surface area contributed by atoms with Crippen LogP contribution in [0.3, 0.4) is 0 Å². The molecule has 2 rings (SSSR count). The van der Waals surface area contributed by atoms with Gasteiger partial charge in [0.1, 0.15) is 11.4 Å². The molecule has 0 spiro atoms. The molecule has 112 valence electrons. The average molecular weight is 304 g/mol. The van der Waals surface area contributed by atoms with E-state index in [1.54, 1.807) is 10.9 Å². The van der Waals surface area contributed by atoms with Crippen LogP contribution in [0.25, 0.3) is 0 Å². The Labute approximate surface area is 129 Å². The number of aryl methyl sites for hydroxylation is 1. The van der Waals surface area contributed by atoms with Crippen molar-refractivity contribution >= 4 is 18.4 Å². The van der Waals surface area contributed by atoms with Crippen molar-refractivity contribution in [2.45, 2.75) is 39.7 Å². The van der Waals surface area contributed by atoms with E-state index >= 15 is 0 Å². The third-order valence-electron chi connectivity index (χ3n) is 2.66. The Kier molecular flexibility index (Phi) is 4.57. The van der Waals surface area contributed by atoms with Gasteiger partial charge in [0.25, 0.3) is 0 Å². The number of ether oxygens (including phenoxy) is 1. The third-order valence-corrected chi connectivity index (χ3v) is 2.92. The summed E-state index contributed by atoms with van der Waals surface area (Å²) in [7, 11) is 0. The number of aromatic amines is 1. The largest absolute Gasteiger partial charge is 0.488 e. The fourth-order valence-corrected chi connectivity index (χ4v) is 1.97. The lowest BCUT2D eigenvalue weighted by Crippen LogP contribution is -2.22. The molecule has 1 aromatic carbocycles. The fraction of sp³-hybridized carbons (Fsp3) is 0.400. The maximum atomic E-state index is 5.78. The number of H-pyrrole nitrogens is 1. The smallest absolute Gasteiger partial charge is 0.216 e. The monoisotopic (exact) mass is 304 g/mol. The van der Waals surface area contributed by atoms with Gasteiger partial charge in [-0.05, 0) is 62.8 Å². The second-order valence-electron chi connectivity index (χ2n) is 5.64. The van der Waals surface area contributed by atoms with Crippen LogP contribution in [0.5, 0.6) is 5.75 Å². The molecule has 0 fully saturated rings. The van der Waals surface area contributed by atoms with E-state index in [9.17, 15) is 0 Å². The predicted octanol–water partition coefficient (Wildman–Crippen LogP) is 3.56. The third kappa shape index (κ3) is 4.26. The van der Waals surface area contributed by atoms with Crippen LogP contribution >= 0.6 is 12.2 Å². The van der Waals surface area contributed by atoms with E-state index < -0.39 is 0 Å². The Hall–Kier alpha value is -1.95. The summed E-state index contributed by atoms with van der Waals surface area (Å²) < 4.78 is 7.91. The lowest BCUT2D eigenvalue weighted by molar-refractivity contribution is 0.131. The summed E-state index contributed by atoms with van der Waals surface area (Å²) in [5.41, 5.74) is 0.775. The molecule has 5 nitrogen and oxygen atoms in total. The molecule has 0 saturated heterocycles. The van der Waals surface area contributed by atoms with Crippen LogP contribution in [0, 0.1) is 4.77 Å². The number of aromatic nitrogens is 3. The van der Waals surface area contributed by atoms with Crippen LogP contribution in [0.2, 0.25) is 0 Å². The maximum Gasteiger partial charge on any atom is 0.216 e. The van der Waals surface area contributed by atoms with Crippen molar-refractivity contribution in [3.05, 3.63) is 40.4 Å². The van der Waals surface area contributed by atoms with E-state index in [4.69, 9.17) is 17.0 Å². The molecule has 1 aromatic heterocycles. The summed E-state index contributed by atoms with van der Waals surface area (Å²) in [5.74, 6) is 1.65. The number of benzene rings is 1. The molecule has 0 amide bonds. The molecule has 0 aliphatic heterocycles. The van der Waals surface area contributed by atoms with Crippen molar-refractivity contribution in [1.82, 2.24) is 14.9 Å². The van der Waals surface area contributed by atoms with Gasteiger partial charge in [-0.2, -0.15) is 14.9 Å². The SMILES string of the molecule is CCc1n[nH]c(=S)n1/N=C\c1ccc(OC(C)(C)C)cc1. The topological polar surface area (TPSA) is 55.2 Å². The molecule has 0 unspecified atom stereocenters. The molecule has 1 heterocycles. The van der Waals surface area contributed by atoms with Gasteiger partial charge in [0.05, 0.1) is 6.21 Å². The molecular weight excluding hydrogens is 284 g/mol. The summed E-state index contributed by atoms with van der Waals surface area (Å²) in [6.07, 6.45) is 2.52. The number of rotatable bonds is 4. The maximum absolute atomic E-state index is 5.78. The minimum Gasteiger partial charge on any atom is -0.488 e. The van der Waals surface area contributed by atoms with Crippen molar-refractivity contribution in [2.24, 2.45) is 5.10 Å². The van der Waals surface area contributed by atoms with Crippen molar-refractivity contribution < 1.29 is 4.74 Å². The van der Waals surface area contributed by atoms with E-state index in [1.807, 2.05) is 52.0 Å². The second-order valence-corrected chi connectivity index (χ2v) is 6.03. The Balaban J connectivity index is 2.15. The van der Waals surface area contributed by atoms with Crippen LogP contribution < -0.4 is 4.74 Å². The first-order valence-corrected chi connectivity index (χ1v) is 7.29. The Morgan fingerprint density at radius 3 is 2.57 bits per heavy atom. The first-order chi connectivity index (χ1) is 9.89. The number of nitrogens with one attached hydrogen (secondary N) is 1. The van der Waals surface area contributed by atoms with Crippen LogP contribution in [0.15, 0.2) is 29.4 Å². The van der Waals surface area contributed by atoms with E-state index in [-0.39, 0.29) is 5.60 Å². The number of hydrogen-bond acceptors (Lipinski definition) is 4. The molecule has 1 N–H and O–H groups in total. The van der Waals surface area contributed by atoms with Gasteiger partial charge < -0.3 is 4.74 Å². The highest BCUT2D eigenvalue weighted by Gasteiger charge is 2.11. The summed E-state index contributed by atoms with van der Waals surface area (Å²) in [6.45, 7) is 8.08. The van der Waals surface area contributed by atoms with E-state index in [0.717, 1.165) is 23.6 Å². The van der Waals surface area contributed by atoms with Crippen LogP contribution in [-0.4, -0.2) is 26.7 Å². The molecule has 0 bridgehead atoms. The highest BCUT2D eigenvalue weighted by Crippen LogP contribution is 2.17. The highest BCUT2D eigenvalue weighted by atomic mass is 32.1. The summed E-state index contributed by atoms with van der Waals surface area (Å²) in [6, 6.07) is 7.78. The Morgan fingerprint density at radius 2 is 2.00 bits per heavy atom.